The number of hydrogen-bond acceptors (Lipinski definition) is 7. The van der Waals surface area contributed by atoms with E-state index in [2.05, 4.69) is 15.6 Å². The van der Waals surface area contributed by atoms with Crippen LogP contribution in [0.4, 0.5) is 0 Å². The largest absolute Gasteiger partial charge is 0.480 e. The number of aliphatic hydroxyl groups is 2. The van der Waals surface area contributed by atoms with Crippen molar-refractivity contribution >= 4 is 34.6 Å². The highest BCUT2D eigenvalue weighted by molar-refractivity contribution is 5.94. The predicted octanol–water partition coefficient (Wildman–Crippen LogP) is -2.42. The van der Waals surface area contributed by atoms with Gasteiger partial charge in [-0.05, 0) is 18.6 Å². The van der Waals surface area contributed by atoms with Crippen LogP contribution in [0, 0.1) is 0 Å². The molecule has 0 bridgehead atoms. The Morgan fingerprint density at radius 1 is 1.06 bits per heavy atom. The lowest BCUT2D eigenvalue weighted by atomic mass is 10.0. The number of nitrogens with two attached hydrogens (primary N) is 1. The molecule has 0 spiro atoms. The lowest BCUT2D eigenvalue weighted by Crippen LogP contribution is -2.60. The third-order valence-corrected chi connectivity index (χ3v) is 4.80. The Morgan fingerprint density at radius 3 is 2.34 bits per heavy atom. The molecule has 4 atom stereocenters. The number of carbonyl (C=O) groups excluding carboxylic acids is 3. The number of hydrogen-bond donors (Lipinski definition) is 8. The Labute approximate surface area is 183 Å². The highest BCUT2D eigenvalue weighted by atomic mass is 16.4. The minimum Gasteiger partial charge on any atom is -0.480 e. The Balaban J connectivity index is 2.22. The van der Waals surface area contributed by atoms with E-state index >= 15 is 0 Å². The summed E-state index contributed by atoms with van der Waals surface area (Å²) in [6.07, 6.45) is 0.354. The summed E-state index contributed by atoms with van der Waals surface area (Å²) < 4.78 is 0. The first-order valence-corrected chi connectivity index (χ1v) is 9.84. The SMILES string of the molecule is CC(O)C(NC(=O)C(Cc1c[nH]c2ccccc12)NC(=O)CN)C(=O)NC(CO)C(=O)O. The molecule has 0 radical (unpaired) electrons. The quantitative estimate of drug-likeness (QED) is 0.185. The van der Waals surface area contributed by atoms with Crippen molar-refractivity contribution in [1.29, 1.82) is 0 Å². The van der Waals surface area contributed by atoms with E-state index in [1.807, 2.05) is 29.6 Å². The van der Waals surface area contributed by atoms with Crippen LogP contribution in [0.3, 0.4) is 0 Å². The van der Waals surface area contributed by atoms with Crippen LogP contribution in [0.25, 0.3) is 10.9 Å². The Kier molecular flexibility index (Phi) is 8.70. The second-order valence-electron chi connectivity index (χ2n) is 7.20. The third-order valence-electron chi connectivity index (χ3n) is 4.80. The molecule has 0 saturated heterocycles. The van der Waals surface area contributed by atoms with Gasteiger partial charge in [-0.1, -0.05) is 18.2 Å². The molecule has 0 saturated carbocycles. The van der Waals surface area contributed by atoms with Gasteiger partial charge in [0.05, 0.1) is 19.3 Å². The smallest absolute Gasteiger partial charge is 0.328 e. The van der Waals surface area contributed by atoms with Crippen LogP contribution in [0.5, 0.6) is 0 Å². The predicted molar refractivity (Wildman–Crippen MR) is 113 cm³/mol. The molecule has 0 aliphatic rings. The van der Waals surface area contributed by atoms with E-state index in [1.165, 1.54) is 6.92 Å². The highest BCUT2D eigenvalue weighted by Crippen LogP contribution is 2.19. The minimum atomic E-state index is -1.61. The van der Waals surface area contributed by atoms with Crippen molar-refractivity contribution < 1.29 is 34.5 Å². The molecule has 4 unspecified atom stereocenters. The summed E-state index contributed by atoms with van der Waals surface area (Å²) in [5, 5.41) is 35.7. The fourth-order valence-corrected chi connectivity index (χ4v) is 3.09. The lowest BCUT2D eigenvalue weighted by Gasteiger charge is -2.25. The Morgan fingerprint density at radius 2 is 1.75 bits per heavy atom. The number of carboxylic acids is 1. The summed E-state index contributed by atoms with van der Waals surface area (Å²) in [6.45, 7) is -0.0154. The van der Waals surface area contributed by atoms with Gasteiger partial charge in [0.2, 0.25) is 17.7 Å². The van der Waals surface area contributed by atoms with Crippen LogP contribution < -0.4 is 21.7 Å². The van der Waals surface area contributed by atoms with Gasteiger partial charge in [-0.2, -0.15) is 0 Å². The van der Waals surface area contributed by atoms with Gasteiger partial charge in [-0.25, -0.2) is 4.79 Å². The van der Waals surface area contributed by atoms with E-state index in [0.29, 0.717) is 0 Å². The van der Waals surface area contributed by atoms with Crippen LogP contribution in [-0.4, -0.2) is 81.4 Å². The van der Waals surface area contributed by atoms with Crippen LogP contribution in [0.15, 0.2) is 30.5 Å². The van der Waals surface area contributed by atoms with Gasteiger partial charge >= 0.3 is 5.97 Å². The number of benzene rings is 1. The second kappa shape index (κ2) is 11.2. The first-order valence-electron chi connectivity index (χ1n) is 9.84. The molecule has 174 valence electrons. The van der Waals surface area contributed by atoms with E-state index in [1.54, 1.807) is 6.20 Å². The topological polar surface area (TPSA) is 207 Å². The van der Waals surface area contributed by atoms with Crippen molar-refractivity contribution in [2.75, 3.05) is 13.2 Å². The number of aromatic nitrogens is 1. The number of rotatable bonds is 11. The van der Waals surface area contributed by atoms with Gasteiger partial charge in [0.15, 0.2) is 0 Å². The van der Waals surface area contributed by atoms with Crippen molar-refractivity contribution in [3.8, 4) is 0 Å². The number of amides is 3. The number of fused-ring (bicyclic) bond motifs is 1. The second-order valence-corrected chi connectivity index (χ2v) is 7.20. The van der Waals surface area contributed by atoms with Gasteiger partial charge in [-0.15, -0.1) is 0 Å². The average molecular weight is 449 g/mol. The molecule has 12 heteroatoms. The van der Waals surface area contributed by atoms with Crippen LogP contribution in [0.1, 0.15) is 12.5 Å². The molecular formula is C20H27N5O7. The number of H-pyrrole nitrogens is 1. The number of para-hydroxylation sites is 1. The van der Waals surface area contributed by atoms with Gasteiger partial charge in [0.25, 0.3) is 0 Å². The van der Waals surface area contributed by atoms with Crippen LogP contribution >= 0.6 is 0 Å². The zero-order valence-electron chi connectivity index (χ0n) is 17.4. The van der Waals surface area contributed by atoms with Crippen molar-refractivity contribution in [2.24, 2.45) is 5.73 Å². The maximum absolute atomic E-state index is 12.9. The molecule has 2 aromatic rings. The van der Waals surface area contributed by atoms with E-state index < -0.39 is 54.5 Å². The molecule has 1 aromatic heterocycles. The molecule has 3 amide bonds. The normalized spacial score (nSPS) is 14.8. The molecule has 12 nitrogen and oxygen atoms in total. The van der Waals surface area contributed by atoms with Crippen LogP contribution in [-0.2, 0) is 25.6 Å². The summed E-state index contributed by atoms with van der Waals surface area (Å²) in [5.41, 5.74) is 6.90. The third kappa shape index (κ3) is 6.26. The van der Waals surface area contributed by atoms with Crippen molar-refractivity contribution in [3.63, 3.8) is 0 Å². The van der Waals surface area contributed by atoms with Crippen molar-refractivity contribution in [3.05, 3.63) is 36.0 Å². The van der Waals surface area contributed by atoms with Crippen molar-refractivity contribution in [2.45, 2.75) is 37.6 Å². The molecule has 32 heavy (non-hydrogen) atoms. The van der Waals surface area contributed by atoms with Gasteiger partial charge in [0, 0.05) is 23.5 Å². The number of aromatic amines is 1. The maximum atomic E-state index is 12.9. The molecule has 9 N–H and O–H groups in total. The Bertz CT molecular complexity index is 974. The molecule has 2 rings (SSSR count). The highest BCUT2D eigenvalue weighted by Gasteiger charge is 2.32. The summed E-state index contributed by atoms with van der Waals surface area (Å²) >= 11 is 0. The molecule has 0 aliphatic carbocycles. The number of aliphatic carboxylic acids is 1. The number of carbonyl (C=O) groups is 4. The zero-order chi connectivity index (χ0) is 23.8. The lowest BCUT2D eigenvalue weighted by molar-refractivity contribution is -0.144. The first kappa shape index (κ1) is 24.8. The molecule has 0 fully saturated rings. The van der Waals surface area contributed by atoms with Crippen molar-refractivity contribution in [1.82, 2.24) is 20.9 Å². The molecular weight excluding hydrogens is 422 g/mol. The summed E-state index contributed by atoms with van der Waals surface area (Å²) in [4.78, 5) is 51.3. The van der Waals surface area contributed by atoms with E-state index in [-0.39, 0.29) is 13.0 Å². The monoisotopic (exact) mass is 449 g/mol. The van der Waals surface area contributed by atoms with E-state index in [0.717, 1.165) is 16.5 Å². The number of nitrogens with one attached hydrogen (secondary N) is 4. The van der Waals surface area contributed by atoms with Gasteiger partial charge in [0.1, 0.15) is 18.1 Å². The minimum absolute atomic E-state index is 0.0596. The first-order chi connectivity index (χ1) is 15.2. The number of carboxylic acid groups (broad SMARTS) is 1. The summed E-state index contributed by atoms with van der Waals surface area (Å²) in [7, 11) is 0. The molecule has 0 aliphatic heterocycles. The summed E-state index contributed by atoms with van der Waals surface area (Å²) in [5.74, 6) is -3.88. The molecule has 1 heterocycles. The van der Waals surface area contributed by atoms with Gasteiger partial charge < -0.3 is 42.0 Å². The average Bonchev–Trinajstić information content (AvgIpc) is 3.17. The summed E-state index contributed by atoms with van der Waals surface area (Å²) in [6, 6.07) is 3.07. The fourth-order valence-electron chi connectivity index (χ4n) is 3.09. The van der Waals surface area contributed by atoms with Gasteiger partial charge in [-0.3, -0.25) is 14.4 Å². The van der Waals surface area contributed by atoms with E-state index in [4.69, 9.17) is 15.9 Å². The van der Waals surface area contributed by atoms with Crippen LogP contribution in [0.2, 0.25) is 0 Å². The molecule has 1 aromatic carbocycles. The maximum Gasteiger partial charge on any atom is 0.328 e. The number of aliphatic hydroxyl groups excluding tert-OH is 2. The fraction of sp³-hybridized carbons (Fsp3) is 0.400. The zero-order valence-corrected chi connectivity index (χ0v) is 17.4. The Hall–Kier alpha value is -3.48. The van der Waals surface area contributed by atoms with E-state index in [9.17, 15) is 24.3 Å². The standard InChI is InChI=1S/C20H27N5O7/c1-10(27)17(19(30)24-15(9-26)20(31)32)25-18(29)14(23-16(28)7-21)6-11-8-22-13-5-3-2-4-12(11)13/h2-5,8,10,14-15,17,22,26-27H,6-7,9,21H2,1H3,(H,23,28)(H,24,30)(H,25,29)(H,31,32).